The average Bonchev–Trinajstić information content (AvgIpc) is 3.13. The molecule has 4 aromatic rings. The Bertz CT molecular complexity index is 1070. The smallest absolute Gasteiger partial charge is 0.272 e. The summed E-state index contributed by atoms with van der Waals surface area (Å²) < 4.78 is 8.00. The van der Waals surface area contributed by atoms with E-state index in [1.807, 2.05) is 71.3 Å². The molecule has 0 bridgehead atoms. The Kier molecular flexibility index (Phi) is 2.67. The van der Waals surface area contributed by atoms with Crippen molar-refractivity contribution in [3.63, 3.8) is 0 Å². The van der Waals surface area contributed by atoms with Crippen molar-refractivity contribution in [2.45, 2.75) is 6.54 Å². The van der Waals surface area contributed by atoms with E-state index >= 15 is 0 Å². The molecule has 0 aliphatic carbocycles. The largest absolute Gasteiger partial charge is 0.454 e. The second kappa shape index (κ2) is 4.86. The van der Waals surface area contributed by atoms with Gasteiger partial charge in [-0.25, -0.2) is 0 Å². The normalized spacial score (nSPS) is 13.2. The highest BCUT2D eigenvalue weighted by atomic mass is 16.3. The Labute approximate surface area is 138 Å². The van der Waals surface area contributed by atoms with Gasteiger partial charge in [-0.1, -0.05) is 48.5 Å². The van der Waals surface area contributed by atoms with Crippen molar-refractivity contribution < 1.29 is 9.21 Å². The first-order chi connectivity index (χ1) is 11.8. The zero-order valence-electron chi connectivity index (χ0n) is 12.8. The van der Waals surface area contributed by atoms with Crippen LogP contribution in [0.3, 0.4) is 0 Å². The van der Waals surface area contributed by atoms with Crippen LogP contribution in [0, 0.1) is 0 Å². The molecule has 5 rings (SSSR count). The minimum Gasteiger partial charge on any atom is -0.454 e. The molecule has 3 heterocycles. The number of hydrogen-bond acceptors (Lipinski definition) is 2. The molecule has 0 saturated heterocycles. The van der Waals surface area contributed by atoms with Gasteiger partial charge in [0.15, 0.2) is 5.58 Å². The summed E-state index contributed by atoms with van der Waals surface area (Å²) in [5, 5.41) is 2.97. The highest BCUT2D eigenvalue weighted by Gasteiger charge is 2.23. The van der Waals surface area contributed by atoms with Crippen LogP contribution < -0.4 is 5.32 Å². The lowest BCUT2D eigenvalue weighted by Gasteiger charge is -2.05. The molecule has 2 aromatic carbocycles. The second-order valence-corrected chi connectivity index (χ2v) is 5.95. The number of fused-ring (bicyclic) bond motifs is 4. The summed E-state index contributed by atoms with van der Waals surface area (Å²) in [6.07, 6.45) is 0. The van der Waals surface area contributed by atoms with Gasteiger partial charge in [-0.05, 0) is 11.6 Å². The number of para-hydroxylation sites is 1. The number of carbonyl (C=O) groups is 1. The van der Waals surface area contributed by atoms with Crippen molar-refractivity contribution in [1.82, 2.24) is 4.57 Å². The lowest BCUT2D eigenvalue weighted by atomic mass is 10.1. The van der Waals surface area contributed by atoms with Gasteiger partial charge in [0, 0.05) is 23.4 Å². The van der Waals surface area contributed by atoms with Gasteiger partial charge >= 0.3 is 0 Å². The van der Waals surface area contributed by atoms with Crippen LogP contribution in [0.5, 0.6) is 0 Å². The second-order valence-electron chi connectivity index (χ2n) is 5.95. The van der Waals surface area contributed by atoms with E-state index in [0.29, 0.717) is 12.2 Å². The molecule has 0 unspecified atom stereocenters. The Morgan fingerprint density at radius 2 is 1.75 bits per heavy atom. The Hall–Kier alpha value is -3.27. The van der Waals surface area contributed by atoms with Crippen molar-refractivity contribution in [3.8, 4) is 11.3 Å². The number of amides is 1. The predicted octanol–water partition coefficient (Wildman–Crippen LogP) is 4.52. The maximum absolute atomic E-state index is 12.5. The minimum absolute atomic E-state index is 0.104. The number of hydrogen-bond donors (Lipinski definition) is 1. The summed E-state index contributed by atoms with van der Waals surface area (Å²) in [6, 6.07) is 21.7. The number of rotatable bonds is 1. The summed E-state index contributed by atoms with van der Waals surface area (Å²) in [6.45, 7) is 0.640. The van der Waals surface area contributed by atoms with Crippen LogP contribution in [-0.4, -0.2) is 10.5 Å². The standard InChI is InChI=1S/C20H14N2O2/c23-20-17-11-19-16(10-18(24-19)13-6-2-1-3-7-13)22(17)12-14-8-4-5-9-15(14)21-20/h1-11H,12H2,(H,21,23). The first-order valence-corrected chi connectivity index (χ1v) is 7.87. The van der Waals surface area contributed by atoms with E-state index in [2.05, 4.69) is 5.32 Å². The topological polar surface area (TPSA) is 47.2 Å². The summed E-state index contributed by atoms with van der Waals surface area (Å²) in [5.74, 6) is 0.710. The third-order valence-corrected chi connectivity index (χ3v) is 4.47. The number of anilines is 1. The van der Waals surface area contributed by atoms with Crippen molar-refractivity contribution in [2.24, 2.45) is 0 Å². The molecule has 24 heavy (non-hydrogen) atoms. The molecule has 116 valence electrons. The van der Waals surface area contributed by atoms with Crippen LogP contribution in [0.4, 0.5) is 5.69 Å². The molecular weight excluding hydrogens is 300 g/mol. The van der Waals surface area contributed by atoms with Crippen LogP contribution in [0.25, 0.3) is 22.4 Å². The highest BCUT2D eigenvalue weighted by Crippen LogP contribution is 2.33. The summed E-state index contributed by atoms with van der Waals surface area (Å²) in [5.41, 5.74) is 5.28. The maximum Gasteiger partial charge on any atom is 0.272 e. The zero-order valence-corrected chi connectivity index (χ0v) is 12.8. The average molecular weight is 314 g/mol. The number of nitrogens with one attached hydrogen (secondary N) is 1. The number of carbonyl (C=O) groups excluding carboxylic acids is 1. The molecule has 1 amide bonds. The van der Waals surface area contributed by atoms with Crippen LogP contribution in [0.1, 0.15) is 16.1 Å². The number of aromatic nitrogens is 1. The first-order valence-electron chi connectivity index (χ1n) is 7.87. The van der Waals surface area contributed by atoms with Gasteiger partial charge in [-0.2, -0.15) is 0 Å². The van der Waals surface area contributed by atoms with Gasteiger partial charge < -0.3 is 14.3 Å². The van der Waals surface area contributed by atoms with Crippen molar-refractivity contribution in [1.29, 1.82) is 0 Å². The van der Waals surface area contributed by atoms with Crippen molar-refractivity contribution >= 4 is 22.7 Å². The molecule has 1 aliphatic rings. The summed E-state index contributed by atoms with van der Waals surface area (Å²) in [4.78, 5) is 12.5. The van der Waals surface area contributed by atoms with Gasteiger partial charge in [0.05, 0.1) is 12.1 Å². The van der Waals surface area contributed by atoms with Crippen LogP contribution in [0.15, 0.2) is 71.1 Å². The molecule has 4 heteroatoms. The quantitative estimate of drug-likeness (QED) is 0.561. The predicted molar refractivity (Wildman–Crippen MR) is 93.1 cm³/mol. The highest BCUT2D eigenvalue weighted by molar-refractivity contribution is 6.07. The fourth-order valence-corrected chi connectivity index (χ4v) is 3.28. The van der Waals surface area contributed by atoms with Gasteiger partial charge in [-0.15, -0.1) is 0 Å². The fourth-order valence-electron chi connectivity index (χ4n) is 3.28. The number of nitrogens with zero attached hydrogens (tertiary/aromatic N) is 1. The van der Waals surface area contributed by atoms with Crippen LogP contribution in [0.2, 0.25) is 0 Å². The van der Waals surface area contributed by atoms with Crippen molar-refractivity contribution in [3.05, 3.63) is 78.0 Å². The van der Waals surface area contributed by atoms with E-state index in [9.17, 15) is 4.79 Å². The van der Waals surface area contributed by atoms with Gasteiger partial charge in [-0.3, -0.25) is 4.79 Å². The van der Waals surface area contributed by atoms with E-state index in [-0.39, 0.29) is 5.91 Å². The molecule has 1 N–H and O–H groups in total. The van der Waals surface area contributed by atoms with E-state index < -0.39 is 0 Å². The summed E-state index contributed by atoms with van der Waals surface area (Å²) in [7, 11) is 0. The van der Waals surface area contributed by atoms with Gasteiger partial charge in [0.2, 0.25) is 0 Å². The Morgan fingerprint density at radius 3 is 2.62 bits per heavy atom. The maximum atomic E-state index is 12.5. The third kappa shape index (κ3) is 1.90. The third-order valence-electron chi connectivity index (χ3n) is 4.47. The molecular formula is C20H14N2O2. The molecule has 0 atom stereocenters. The molecule has 1 aliphatic heterocycles. The molecule has 0 fully saturated rings. The molecule has 0 saturated carbocycles. The molecule has 0 radical (unpaired) electrons. The van der Waals surface area contributed by atoms with Crippen LogP contribution in [-0.2, 0) is 6.54 Å². The zero-order chi connectivity index (χ0) is 16.1. The Balaban J connectivity index is 1.69. The molecule has 2 aromatic heterocycles. The van der Waals surface area contributed by atoms with E-state index in [4.69, 9.17) is 4.42 Å². The van der Waals surface area contributed by atoms with E-state index in [1.165, 1.54) is 0 Å². The lowest BCUT2D eigenvalue weighted by Crippen LogP contribution is -2.13. The number of benzene rings is 2. The number of furan rings is 1. The van der Waals surface area contributed by atoms with Crippen molar-refractivity contribution in [2.75, 3.05) is 5.32 Å². The molecule has 4 nitrogen and oxygen atoms in total. The van der Waals surface area contributed by atoms with E-state index in [1.54, 1.807) is 0 Å². The monoisotopic (exact) mass is 314 g/mol. The molecule has 0 spiro atoms. The first kappa shape index (κ1) is 13.2. The Morgan fingerprint density at radius 1 is 0.958 bits per heavy atom. The lowest BCUT2D eigenvalue weighted by molar-refractivity contribution is 0.102. The van der Waals surface area contributed by atoms with Gasteiger partial charge in [0.1, 0.15) is 11.5 Å². The minimum atomic E-state index is -0.104. The summed E-state index contributed by atoms with van der Waals surface area (Å²) >= 11 is 0. The van der Waals surface area contributed by atoms with Gasteiger partial charge in [0.25, 0.3) is 5.91 Å². The van der Waals surface area contributed by atoms with E-state index in [0.717, 1.165) is 33.7 Å². The fraction of sp³-hybridized carbons (Fsp3) is 0.0500. The SMILES string of the molecule is O=C1Nc2ccccc2Cn2c1cc1oc(-c3ccccc3)cc12. The van der Waals surface area contributed by atoms with Crippen LogP contribution >= 0.6 is 0 Å².